The van der Waals surface area contributed by atoms with Gasteiger partial charge >= 0.3 is 0 Å². The third-order valence-electron chi connectivity index (χ3n) is 3.62. The number of nitrogens with two attached hydrogens (primary N) is 1. The highest BCUT2D eigenvalue weighted by Gasteiger charge is 2.15. The standard InChI is InChI=1S/C17H16BrN3/c1-11-8-9-13(10-14(11)18)15-16(19)21(2)17(20-15)12-6-4-3-5-7-12/h3-10H,19H2,1-2H3. The first-order valence-electron chi connectivity index (χ1n) is 6.72. The molecule has 3 aromatic rings. The van der Waals surface area contributed by atoms with Crippen LogP contribution in [-0.2, 0) is 7.05 Å². The Hall–Kier alpha value is -2.07. The number of benzene rings is 2. The topological polar surface area (TPSA) is 43.8 Å². The molecule has 0 bridgehead atoms. The Labute approximate surface area is 132 Å². The second-order valence-electron chi connectivity index (χ2n) is 5.06. The molecular formula is C17H16BrN3. The van der Waals surface area contributed by atoms with Gasteiger partial charge in [0.25, 0.3) is 0 Å². The van der Waals surface area contributed by atoms with E-state index < -0.39 is 0 Å². The van der Waals surface area contributed by atoms with Crippen LogP contribution in [0.2, 0.25) is 0 Å². The molecule has 1 aromatic heterocycles. The lowest BCUT2D eigenvalue weighted by molar-refractivity contribution is 0.937. The molecule has 0 saturated heterocycles. The van der Waals surface area contributed by atoms with Gasteiger partial charge in [-0.1, -0.05) is 58.4 Å². The van der Waals surface area contributed by atoms with E-state index in [2.05, 4.69) is 35.0 Å². The molecule has 0 aliphatic rings. The molecule has 0 amide bonds. The smallest absolute Gasteiger partial charge is 0.142 e. The molecule has 0 atom stereocenters. The van der Waals surface area contributed by atoms with E-state index in [1.165, 1.54) is 5.56 Å². The molecular weight excluding hydrogens is 326 g/mol. The van der Waals surface area contributed by atoms with Gasteiger partial charge in [0.15, 0.2) is 0 Å². The lowest BCUT2D eigenvalue weighted by Gasteiger charge is -2.03. The van der Waals surface area contributed by atoms with Crippen molar-refractivity contribution in [3.05, 3.63) is 58.6 Å². The SMILES string of the molecule is Cc1ccc(-c2nc(-c3ccccc3)n(C)c2N)cc1Br. The number of hydrogen-bond acceptors (Lipinski definition) is 2. The molecule has 0 saturated carbocycles. The Morgan fingerprint density at radius 1 is 1.05 bits per heavy atom. The highest BCUT2D eigenvalue weighted by molar-refractivity contribution is 9.10. The zero-order valence-corrected chi connectivity index (χ0v) is 13.6. The number of aromatic nitrogens is 2. The van der Waals surface area contributed by atoms with Gasteiger partial charge < -0.3 is 10.3 Å². The zero-order chi connectivity index (χ0) is 15.0. The third kappa shape index (κ3) is 2.47. The predicted molar refractivity (Wildman–Crippen MR) is 90.9 cm³/mol. The molecule has 21 heavy (non-hydrogen) atoms. The number of halogens is 1. The summed E-state index contributed by atoms with van der Waals surface area (Å²) in [5, 5.41) is 0. The summed E-state index contributed by atoms with van der Waals surface area (Å²) in [6, 6.07) is 16.2. The third-order valence-corrected chi connectivity index (χ3v) is 4.47. The van der Waals surface area contributed by atoms with Crippen LogP contribution in [0.15, 0.2) is 53.0 Å². The molecule has 0 aliphatic heterocycles. The molecule has 2 N–H and O–H groups in total. The van der Waals surface area contributed by atoms with E-state index in [4.69, 9.17) is 10.7 Å². The van der Waals surface area contributed by atoms with Gasteiger partial charge in [0.2, 0.25) is 0 Å². The first-order chi connectivity index (χ1) is 10.1. The van der Waals surface area contributed by atoms with Crippen LogP contribution in [0.1, 0.15) is 5.56 Å². The van der Waals surface area contributed by atoms with Crippen molar-refractivity contribution < 1.29 is 0 Å². The summed E-state index contributed by atoms with van der Waals surface area (Å²) in [4.78, 5) is 4.74. The van der Waals surface area contributed by atoms with Crippen LogP contribution in [-0.4, -0.2) is 9.55 Å². The van der Waals surface area contributed by atoms with Crippen molar-refractivity contribution in [1.29, 1.82) is 0 Å². The molecule has 0 radical (unpaired) electrons. The zero-order valence-electron chi connectivity index (χ0n) is 12.0. The molecule has 1 heterocycles. The molecule has 0 unspecified atom stereocenters. The summed E-state index contributed by atoms with van der Waals surface area (Å²) in [6.45, 7) is 2.06. The van der Waals surface area contributed by atoms with Crippen molar-refractivity contribution in [2.75, 3.05) is 5.73 Å². The van der Waals surface area contributed by atoms with Gasteiger partial charge in [-0.15, -0.1) is 0 Å². The van der Waals surface area contributed by atoms with Gasteiger partial charge in [-0.05, 0) is 18.6 Å². The van der Waals surface area contributed by atoms with E-state index >= 15 is 0 Å². The van der Waals surface area contributed by atoms with E-state index in [1.807, 2.05) is 48.0 Å². The summed E-state index contributed by atoms with van der Waals surface area (Å²) in [5.41, 5.74) is 10.3. The minimum absolute atomic E-state index is 0.671. The van der Waals surface area contributed by atoms with Crippen LogP contribution in [0, 0.1) is 6.92 Å². The van der Waals surface area contributed by atoms with Crippen molar-refractivity contribution in [3.8, 4) is 22.6 Å². The molecule has 0 aliphatic carbocycles. The summed E-state index contributed by atoms with van der Waals surface area (Å²) < 4.78 is 2.99. The molecule has 4 heteroatoms. The highest BCUT2D eigenvalue weighted by atomic mass is 79.9. The highest BCUT2D eigenvalue weighted by Crippen LogP contribution is 2.32. The van der Waals surface area contributed by atoms with Crippen molar-refractivity contribution in [2.45, 2.75) is 6.92 Å². The number of imidazole rings is 1. The van der Waals surface area contributed by atoms with Gasteiger partial charge in [-0.3, -0.25) is 0 Å². The van der Waals surface area contributed by atoms with Crippen LogP contribution in [0.25, 0.3) is 22.6 Å². The fraction of sp³-hybridized carbons (Fsp3) is 0.118. The van der Waals surface area contributed by atoms with Crippen molar-refractivity contribution in [1.82, 2.24) is 9.55 Å². The van der Waals surface area contributed by atoms with Crippen LogP contribution in [0.5, 0.6) is 0 Å². The van der Waals surface area contributed by atoms with Gasteiger partial charge in [0, 0.05) is 22.6 Å². The fourth-order valence-corrected chi connectivity index (χ4v) is 2.69. The quantitative estimate of drug-likeness (QED) is 0.750. The largest absolute Gasteiger partial charge is 0.383 e. The first kappa shape index (κ1) is 13.9. The minimum Gasteiger partial charge on any atom is -0.383 e. The molecule has 2 aromatic carbocycles. The maximum Gasteiger partial charge on any atom is 0.142 e. The second kappa shape index (κ2) is 5.37. The van der Waals surface area contributed by atoms with Crippen LogP contribution < -0.4 is 5.73 Å². The van der Waals surface area contributed by atoms with E-state index in [9.17, 15) is 0 Å². The fourth-order valence-electron chi connectivity index (χ4n) is 2.31. The van der Waals surface area contributed by atoms with Gasteiger partial charge in [-0.2, -0.15) is 0 Å². The Morgan fingerprint density at radius 3 is 2.43 bits per heavy atom. The van der Waals surface area contributed by atoms with E-state index in [1.54, 1.807) is 0 Å². The number of nitrogens with zero attached hydrogens (tertiary/aromatic N) is 2. The average molecular weight is 342 g/mol. The molecule has 0 fully saturated rings. The minimum atomic E-state index is 0.671. The molecule has 3 rings (SSSR count). The number of rotatable bonds is 2. The van der Waals surface area contributed by atoms with E-state index in [0.717, 1.165) is 27.1 Å². The maximum absolute atomic E-state index is 6.25. The van der Waals surface area contributed by atoms with Crippen LogP contribution in [0.4, 0.5) is 5.82 Å². The first-order valence-corrected chi connectivity index (χ1v) is 7.51. The Balaban J connectivity index is 2.15. The average Bonchev–Trinajstić information content (AvgIpc) is 2.79. The summed E-state index contributed by atoms with van der Waals surface area (Å²) in [6.07, 6.45) is 0. The number of hydrogen-bond donors (Lipinski definition) is 1. The number of anilines is 1. The van der Waals surface area contributed by atoms with E-state index in [-0.39, 0.29) is 0 Å². The Kier molecular flexibility index (Phi) is 3.55. The van der Waals surface area contributed by atoms with E-state index in [0.29, 0.717) is 5.82 Å². The Bertz CT molecular complexity index is 791. The van der Waals surface area contributed by atoms with Gasteiger partial charge in [0.05, 0.1) is 0 Å². The van der Waals surface area contributed by atoms with Crippen molar-refractivity contribution in [2.24, 2.45) is 7.05 Å². The monoisotopic (exact) mass is 341 g/mol. The normalized spacial score (nSPS) is 10.8. The lowest BCUT2D eigenvalue weighted by Crippen LogP contribution is -1.98. The molecule has 3 nitrogen and oxygen atoms in total. The van der Waals surface area contributed by atoms with Crippen LogP contribution in [0.3, 0.4) is 0 Å². The lowest BCUT2D eigenvalue weighted by atomic mass is 10.1. The van der Waals surface area contributed by atoms with Crippen molar-refractivity contribution in [3.63, 3.8) is 0 Å². The maximum atomic E-state index is 6.25. The second-order valence-corrected chi connectivity index (χ2v) is 5.91. The molecule has 106 valence electrons. The number of nitrogen functional groups attached to an aromatic ring is 1. The Morgan fingerprint density at radius 2 is 1.76 bits per heavy atom. The van der Waals surface area contributed by atoms with Crippen LogP contribution >= 0.6 is 15.9 Å². The predicted octanol–water partition coefficient (Wildman–Crippen LogP) is 4.41. The van der Waals surface area contributed by atoms with Crippen molar-refractivity contribution >= 4 is 21.7 Å². The number of aryl methyl sites for hydroxylation is 1. The molecule has 0 spiro atoms. The summed E-state index contributed by atoms with van der Waals surface area (Å²) in [7, 11) is 1.94. The summed E-state index contributed by atoms with van der Waals surface area (Å²) >= 11 is 3.56. The van der Waals surface area contributed by atoms with Gasteiger partial charge in [0.1, 0.15) is 17.3 Å². The summed E-state index contributed by atoms with van der Waals surface area (Å²) in [5.74, 6) is 1.55. The van der Waals surface area contributed by atoms with Gasteiger partial charge in [-0.25, -0.2) is 4.98 Å².